The van der Waals surface area contributed by atoms with Gasteiger partial charge in [0.1, 0.15) is 0 Å². The average Bonchev–Trinajstić information content (AvgIpc) is 2.36. The molecule has 0 amide bonds. The average molecular weight is 431 g/mol. The van der Waals surface area contributed by atoms with E-state index in [1.165, 1.54) is 0 Å². The van der Waals surface area contributed by atoms with Crippen LogP contribution in [0.1, 0.15) is 27.2 Å². The fraction of sp³-hybridized carbons (Fsp3) is 0.778. The van der Waals surface area contributed by atoms with Crippen molar-refractivity contribution in [2.24, 2.45) is 0 Å². The maximum absolute atomic E-state index is 10.6. The normalized spacial score (nSPS) is 19.8. The van der Waals surface area contributed by atoms with E-state index < -0.39 is 6.36 Å². The number of hydrogen-bond acceptors (Lipinski definition) is 3. The van der Waals surface area contributed by atoms with E-state index in [1.54, 1.807) is 0 Å². The molecule has 0 aromatic heterocycles. The van der Waals surface area contributed by atoms with E-state index in [2.05, 4.69) is 5.32 Å². The molecule has 0 saturated carbocycles. The van der Waals surface area contributed by atoms with Crippen molar-refractivity contribution in [2.45, 2.75) is 39.6 Å². The minimum absolute atomic E-state index is 0. The van der Waals surface area contributed by atoms with E-state index in [9.17, 15) is 9.18 Å². The summed E-state index contributed by atoms with van der Waals surface area (Å²) < 4.78 is 10.6. The zero-order chi connectivity index (χ0) is 8.69. The predicted octanol–water partition coefficient (Wildman–Crippen LogP) is 1.23. The quantitative estimate of drug-likeness (QED) is 0.615. The molecule has 0 radical (unpaired) electrons. The van der Waals surface area contributed by atoms with Gasteiger partial charge >= 0.3 is 31.1 Å². The van der Waals surface area contributed by atoms with Crippen molar-refractivity contribution in [3.05, 3.63) is 7.43 Å². The predicted molar refractivity (Wildman–Crippen MR) is 52.7 cm³/mol. The summed E-state index contributed by atoms with van der Waals surface area (Å²) >= 11 is 0. The Bertz CT molecular complexity index is 106. The summed E-state index contributed by atoms with van der Waals surface area (Å²) in [4.78, 5) is 9.82. The summed E-state index contributed by atoms with van der Waals surface area (Å²) in [6.45, 7) is 2.04. The molecule has 5 heteroatoms. The Morgan fingerprint density at radius 2 is 2.07 bits per heavy atom. The number of rotatable bonds is 1. The molecule has 1 aliphatic heterocycles. The Balaban J connectivity index is -0.0000000650. The van der Waals surface area contributed by atoms with Gasteiger partial charge in [0.05, 0.1) is 0 Å². The van der Waals surface area contributed by atoms with E-state index in [-0.39, 0.29) is 52.0 Å². The first-order valence-electron chi connectivity index (χ1n) is 3.60. The first-order valence-corrected chi connectivity index (χ1v) is 3.60. The van der Waals surface area contributed by atoms with E-state index in [1.807, 2.05) is 6.29 Å². The van der Waals surface area contributed by atoms with Gasteiger partial charge in [0.25, 0.3) is 0 Å². The van der Waals surface area contributed by atoms with Crippen LogP contribution >= 0.6 is 0 Å². The van der Waals surface area contributed by atoms with E-state index >= 15 is 0 Å². The van der Waals surface area contributed by atoms with Crippen molar-refractivity contribution < 1.29 is 45.4 Å². The molecule has 1 saturated heterocycles. The number of carbonyl (C=O) groups excluding carboxylic acids is 1. The van der Waals surface area contributed by atoms with Gasteiger partial charge in [-0.2, -0.15) is 0 Å². The van der Waals surface area contributed by atoms with Crippen LogP contribution < -0.4 is 5.32 Å². The Hall–Kier alpha value is 0.572. The van der Waals surface area contributed by atoms with Crippen LogP contribution in [0.25, 0.3) is 0 Å². The molecule has 84 valence electrons. The van der Waals surface area contributed by atoms with Gasteiger partial charge in [-0.15, -0.1) is 0 Å². The molecular formula is C9H20FNO2U. The van der Waals surface area contributed by atoms with Crippen LogP contribution in [0.15, 0.2) is 0 Å². The van der Waals surface area contributed by atoms with Crippen LogP contribution in [-0.2, 0) is 4.79 Å². The summed E-state index contributed by atoms with van der Waals surface area (Å²) in [7, 11) is 0. The topological polar surface area (TPSA) is 49.3 Å². The Morgan fingerprint density at radius 1 is 1.64 bits per heavy atom. The third kappa shape index (κ3) is 18.4. The molecule has 0 bridgehead atoms. The second-order valence-electron chi connectivity index (χ2n) is 2.34. The molecule has 0 spiro atoms. The van der Waals surface area contributed by atoms with Crippen molar-refractivity contribution in [2.75, 3.05) is 6.54 Å². The molecule has 1 aliphatic rings. The molecular weight excluding hydrogens is 411 g/mol. The van der Waals surface area contributed by atoms with Gasteiger partial charge < -0.3 is 22.6 Å². The number of nitrogens with one attached hydrogen (secondary N) is 1. The molecule has 2 atom stereocenters. The van der Waals surface area contributed by atoms with Crippen LogP contribution in [0.5, 0.6) is 0 Å². The molecule has 2 N–H and O–H groups in total. The Kier molecular flexibility index (Phi) is 27.5. The number of hydrogen-bond donors (Lipinski definition) is 2. The van der Waals surface area contributed by atoms with Crippen LogP contribution in [0.3, 0.4) is 0 Å². The summed E-state index contributed by atoms with van der Waals surface area (Å²) in [5.74, 6) is 0. The summed E-state index contributed by atoms with van der Waals surface area (Å²) in [6.07, 6.45) is 2.34. The summed E-state index contributed by atoms with van der Waals surface area (Å²) in [5.41, 5.74) is 0. The number of aliphatic hydroxyl groups excluding tert-OH is 1. The zero-order valence-electron chi connectivity index (χ0n) is 8.01. The summed E-state index contributed by atoms with van der Waals surface area (Å²) in [6, 6.07) is 0.0417. The monoisotopic (exact) mass is 431 g/mol. The maximum Gasteiger partial charge on any atom is 2.00 e. The Morgan fingerprint density at radius 3 is 2.21 bits per heavy atom. The van der Waals surface area contributed by atoms with Crippen LogP contribution in [0, 0.1) is 38.5 Å². The van der Waals surface area contributed by atoms with Gasteiger partial charge in [0, 0.05) is 0 Å². The number of halogens is 1. The van der Waals surface area contributed by atoms with Crippen LogP contribution in [0.2, 0.25) is 0 Å². The van der Waals surface area contributed by atoms with E-state index in [4.69, 9.17) is 5.11 Å². The largest absolute Gasteiger partial charge is 2.00 e. The van der Waals surface area contributed by atoms with Gasteiger partial charge in [0.2, 0.25) is 0 Å². The van der Waals surface area contributed by atoms with Gasteiger partial charge in [-0.1, -0.05) is 19.9 Å². The standard InChI is InChI=1S/C5H8NO.C2H5FO.CH4.CH3.U/c7-4-5-2-1-3-6-5;1-2(3)4;;;/h5-6H,1-3H2;2,4H,1H3;1H4;1H3;/q-1;;;-1;+2. The van der Waals surface area contributed by atoms with E-state index in [0.717, 1.165) is 26.3 Å². The minimum Gasteiger partial charge on any atom is -0.540 e. The molecule has 3 nitrogen and oxygen atoms in total. The van der Waals surface area contributed by atoms with Crippen LogP contribution in [0.4, 0.5) is 4.39 Å². The molecule has 1 fully saturated rings. The SMILES string of the molecule is C.CC(O)F.O=[C-]C1CCCN1.[CH3-].[U+2]. The van der Waals surface area contributed by atoms with Gasteiger partial charge in [0.15, 0.2) is 6.36 Å². The molecule has 0 aromatic rings. The fourth-order valence-electron chi connectivity index (χ4n) is 0.785. The number of alkyl halides is 1. The van der Waals surface area contributed by atoms with Crippen molar-refractivity contribution in [1.82, 2.24) is 5.32 Å². The smallest absolute Gasteiger partial charge is 0.540 e. The second kappa shape index (κ2) is 16.0. The van der Waals surface area contributed by atoms with Crippen molar-refractivity contribution >= 4 is 6.29 Å². The summed E-state index contributed by atoms with van der Waals surface area (Å²) in [5, 5.41) is 10.4. The van der Waals surface area contributed by atoms with Gasteiger partial charge in [-0.3, -0.25) is 0 Å². The van der Waals surface area contributed by atoms with Gasteiger partial charge in [-0.05, 0) is 19.9 Å². The first kappa shape index (κ1) is 24.0. The van der Waals surface area contributed by atoms with E-state index in [0.29, 0.717) is 0 Å². The Labute approximate surface area is 110 Å². The molecule has 0 aromatic carbocycles. The van der Waals surface area contributed by atoms with Crippen molar-refractivity contribution in [3.63, 3.8) is 0 Å². The van der Waals surface area contributed by atoms with Crippen molar-refractivity contribution in [3.8, 4) is 0 Å². The second-order valence-corrected chi connectivity index (χ2v) is 2.34. The van der Waals surface area contributed by atoms with Crippen molar-refractivity contribution in [1.29, 1.82) is 0 Å². The minimum atomic E-state index is -1.67. The van der Waals surface area contributed by atoms with Crippen LogP contribution in [-0.4, -0.2) is 30.3 Å². The molecule has 2 unspecified atom stereocenters. The molecule has 1 heterocycles. The molecule has 1 rings (SSSR count). The molecule has 14 heavy (non-hydrogen) atoms. The zero-order valence-corrected chi connectivity index (χ0v) is 12.2. The molecule has 0 aliphatic carbocycles. The maximum atomic E-state index is 10.6. The number of aliphatic hydroxyl groups is 1. The third-order valence-corrected chi connectivity index (χ3v) is 1.20. The fourth-order valence-corrected chi connectivity index (χ4v) is 0.785. The van der Waals surface area contributed by atoms with Gasteiger partial charge in [-0.25, -0.2) is 10.7 Å². The third-order valence-electron chi connectivity index (χ3n) is 1.20. The first-order chi connectivity index (χ1) is 5.16.